The van der Waals surface area contributed by atoms with Crippen LogP contribution in [0.4, 0.5) is 0 Å². The van der Waals surface area contributed by atoms with E-state index >= 15 is 0 Å². The number of aliphatic hydroxyl groups is 1. The minimum absolute atomic E-state index is 0.199. The first-order chi connectivity index (χ1) is 4.04. The van der Waals surface area contributed by atoms with Gasteiger partial charge in [-0.1, -0.05) is 13.8 Å². The fourth-order valence-corrected chi connectivity index (χ4v) is 0.665. The second-order valence-electron chi connectivity index (χ2n) is 2.85. The Kier molecular flexibility index (Phi) is 3.82. The smallest absolute Gasteiger partial charge is 0.0662 e. The molecule has 0 bridgehead atoms. The van der Waals surface area contributed by atoms with Crippen LogP contribution in [-0.2, 0) is 0 Å². The van der Waals surface area contributed by atoms with Crippen molar-refractivity contribution in [2.24, 2.45) is 0 Å². The highest BCUT2D eigenvalue weighted by Crippen LogP contribution is 1.91. The Hall–Kier alpha value is -0.0800. The van der Waals surface area contributed by atoms with E-state index in [-0.39, 0.29) is 12.1 Å². The van der Waals surface area contributed by atoms with Gasteiger partial charge in [0.2, 0.25) is 0 Å². The van der Waals surface area contributed by atoms with Gasteiger partial charge in [0.15, 0.2) is 0 Å². The van der Waals surface area contributed by atoms with Crippen LogP contribution in [0.1, 0.15) is 27.7 Å². The number of aliphatic hydroxyl groups excluding tert-OH is 1. The van der Waals surface area contributed by atoms with Gasteiger partial charge < -0.3 is 10.4 Å². The van der Waals surface area contributed by atoms with E-state index in [0.717, 1.165) is 0 Å². The summed E-state index contributed by atoms with van der Waals surface area (Å²) in [4.78, 5) is 0. The molecule has 0 radical (unpaired) electrons. The molecular formula is C7H17NO. The molecule has 0 aromatic rings. The Morgan fingerprint density at radius 1 is 1.11 bits per heavy atom. The zero-order valence-corrected chi connectivity index (χ0v) is 6.68. The predicted molar refractivity (Wildman–Crippen MR) is 39.4 cm³/mol. The molecule has 2 N–H and O–H groups in total. The summed E-state index contributed by atoms with van der Waals surface area (Å²) < 4.78 is 0. The van der Waals surface area contributed by atoms with Crippen LogP contribution in [0.3, 0.4) is 0 Å². The van der Waals surface area contributed by atoms with E-state index in [1.165, 1.54) is 0 Å². The maximum atomic E-state index is 9.01. The van der Waals surface area contributed by atoms with E-state index in [4.69, 9.17) is 5.11 Å². The molecule has 2 atom stereocenters. The van der Waals surface area contributed by atoms with Crippen molar-refractivity contribution < 1.29 is 5.11 Å². The lowest BCUT2D eigenvalue weighted by Crippen LogP contribution is -2.39. The standard InChI is InChI=1S/C7H17NO/c1-5(2)8-6(3)7(4)9/h5-9H,1-4H3/t6-,7+/m0/s1. The molecule has 0 aromatic carbocycles. The summed E-state index contributed by atoms with van der Waals surface area (Å²) in [6.45, 7) is 7.91. The average molecular weight is 131 g/mol. The van der Waals surface area contributed by atoms with Crippen molar-refractivity contribution in [1.29, 1.82) is 0 Å². The van der Waals surface area contributed by atoms with Crippen LogP contribution in [-0.4, -0.2) is 23.3 Å². The lowest BCUT2D eigenvalue weighted by molar-refractivity contribution is 0.148. The van der Waals surface area contributed by atoms with Crippen molar-refractivity contribution in [3.8, 4) is 0 Å². The van der Waals surface area contributed by atoms with Gasteiger partial charge in [0.25, 0.3) is 0 Å². The topological polar surface area (TPSA) is 32.3 Å². The SMILES string of the molecule is CC(C)N[C@@H](C)[C@@H](C)O. The van der Waals surface area contributed by atoms with Crippen LogP contribution in [0.2, 0.25) is 0 Å². The molecule has 0 aromatic heterocycles. The summed E-state index contributed by atoms with van der Waals surface area (Å²) in [5.74, 6) is 0. The van der Waals surface area contributed by atoms with E-state index in [9.17, 15) is 0 Å². The molecule has 0 unspecified atom stereocenters. The molecule has 0 saturated heterocycles. The van der Waals surface area contributed by atoms with Crippen molar-refractivity contribution in [2.45, 2.75) is 45.9 Å². The number of rotatable bonds is 3. The third-order valence-corrected chi connectivity index (χ3v) is 1.32. The fraction of sp³-hybridized carbons (Fsp3) is 1.00. The third kappa shape index (κ3) is 4.43. The molecule has 0 aliphatic rings. The van der Waals surface area contributed by atoms with E-state index < -0.39 is 0 Å². The van der Waals surface area contributed by atoms with Gasteiger partial charge in [0, 0.05) is 12.1 Å². The molecule has 2 heteroatoms. The van der Waals surface area contributed by atoms with E-state index in [1.807, 2.05) is 6.92 Å². The monoisotopic (exact) mass is 131 g/mol. The molecule has 0 aliphatic carbocycles. The zero-order valence-electron chi connectivity index (χ0n) is 6.68. The number of hydrogen-bond acceptors (Lipinski definition) is 2. The van der Waals surface area contributed by atoms with Crippen molar-refractivity contribution in [1.82, 2.24) is 5.32 Å². The molecule has 2 nitrogen and oxygen atoms in total. The molecule has 0 saturated carbocycles. The van der Waals surface area contributed by atoms with Gasteiger partial charge in [0.1, 0.15) is 0 Å². The number of nitrogens with one attached hydrogen (secondary N) is 1. The van der Waals surface area contributed by atoms with Crippen LogP contribution < -0.4 is 5.32 Å². The van der Waals surface area contributed by atoms with Gasteiger partial charge in [-0.2, -0.15) is 0 Å². The van der Waals surface area contributed by atoms with Crippen molar-refractivity contribution >= 4 is 0 Å². The van der Waals surface area contributed by atoms with Crippen LogP contribution >= 0.6 is 0 Å². The van der Waals surface area contributed by atoms with Crippen LogP contribution in [0.5, 0.6) is 0 Å². The molecule has 0 rings (SSSR count). The van der Waals surface area contributed by atoms with E-state index in [0.29, 0.717) is 6.04 Å². The lowest BCUT2D eigenvalue weighted by Gasteiger charge is -2.18. The van der Waals surface area contributed by atoms with Gasteiger partial charge in [-0.15, -0.1) is 0 Å². The highest BCUT2D eigenvalue weighted by atomic mass is 16.3. The summed E-state index contributed by atoms with van der Waals surface area (Å²) in [5.41, 5.74) is 0. The van der Waals surface area contributed by atoms with Gasteiger partial charge in [0.05, 0.1) is 6.10 Å². The molecule has 0 fully saturated rings. The summed E-state index contributed by atoms with van der Waals surface area (Å²) in [6, 6.07) is 0.652. The zero-order chi connectivity index (χ0) is 7.44. The van der Waals surface area contributed by atoms with Gasteiger partial charge in [-0.3, -0.25) is 0 Å². The summed E-state index contributed by atoms with van der Waals surface area (Å²) in [7, 11) is 0. The average Bonchev–Trinajstić information content (AvgIpc) is 1.63. The Morgan fingerprint density at radius 3 is 1.67 bits per heavy atom. The largest absolute Gasteiger partial charge is 0.392 e. The molecular weight excluding hydrogens is 114 g/mol. The molecule has 56 valence electrons. The first-order valence-electron chi connectivity index (χ1n) is 3.48. The molecule has 0 spiro atoms. The normalized spacial score (nSPS) is 18.0. The van der Waals surface area contributed by atoms with Crippen molar-refractivity contribution in [2.75, 3.05) is 0 Å². The van der Waals surface area contributed by atoms with Crippen LogP contribution in [0.25, 0.3) is 0 Å². The van der Waals surface area contributed by atoms with Crippen molar-refractivity contribution in [3.63, 3.8) is 0 Å². The predicted octanol–water partition coefficient (Wildman–Crippen LogP) is 0.754. The quantitative estimate of drug-likeness (QED) is 0.592. The molecule has 0 aliphatic heterocycles. The Morgan fingerprint density at radius 2 is 1.56 bits per heavy atom. The molecule has 0 heterocycles. The highest BCUT2D eigenvalue weighted by Gasteiger charge is 2.07. The first-order valence-corrected chi connectivity index (χ1v) is 3.48. The summed E-state index contributed by atoms with van der Waals surface area (Å²) >= 11 is 0. The van der Waals surface area contributed by atoms with E-state index in [1.54, 1.807) is 6.92 Å². The lowest BCUT2D eigenvalue weighted by atomic mass is 10.2. The second kappa shape index (κ2) is 3.85. The summed E-state index contributed by atoms with van der Waals surface area (Å²) in [5, 5.41) is 12.2. The minimum atomic E-state index is -0.257. The highest BCUT2D eigenvalue weighted by molar-refractivity contribution is 4.68. The van der Waals surface area contributed by atoms with Crippen LogP contribution in [0.15, 0.2) is 0 Å². The number of hydrogen-bond donors (Lipinski definition) is 2. The second-order valence-corrected chi connectivity index (χ2v) is 2.85. The van der Waals surface area contributed by atoms with E-state index in [2.05, 4.69) is 19.2 Å². The van der Waals surface area contributed by atoms with Gasteiger partial charge >= 0.3 is 0 Å². The maximum absolute atomic E-state index is 9.01. The third-order valence-electron chi connectivity index (χ3n) is 1.32. The summed E-state index contributed by atoms with van der Waals surface area (Å²) in [6.07, 6.45) is -0.257. The Bertz CT molecular complexity index is 71.3. The van der Waals surface area contributed by atoms with Crippen LogP contribution in [0, 0.1) is 0 Å². The van der Waals surface area contributed by atoms with Crippen molar-refractivity contribution in [3.05, 3.63) is 0 Å². The molecule has 9 heavy (non-hydrogen) atoms. The van der Waals surface area contributed by atoms with Gasteiger partial charge in [-0.05, 0) is 13.8 Å². The minimum Gasteiger partial charge on any atom is -0.392 e. The Balaban J connectivity index is 3.38. The van der Waals surface area contributed by atoms with Gasteiger partial charge in [-0.25, -0.2) is 0 Å². The maximum Gasteiger partial charge on any atom is 0.0662 e. The fourth-order valence-electron chi connectivity index (χ4n) is 0.665. The Labute approximate surface area is 57.3 Å². The first kappa shape index (κ1) is 8.92. The molecule has 0 amide bonds.